The van der Waals surface area contributed by atoms with Crippen LogP contribution in [0.4, 0.5) is 10.5 Å². The summed E-state index contributed by atoms with van der Waals surface area (Å²) >= 11 is 0. The first-order chi connectivity index (χ1) is 12.7. The van der Waals surface area contributed by atoms with Crippen molar-refractivity contribution in [2.45, 2.75) is 65.5 Å². The van der Waals surface area contributed by atoms with Gasteiger partial charge in [-0.2, -0.15) is 0 Å². The maximum atomic E-state index is 12.8. The van der Waals surface area contributed by atoms with Crippen LogP contribution in [-0.4, -0.2) is 27.3 Å². The second kappa shape index (κ2) is 8.83. The van der Waals surface area contributed by atoms with Gasteiger partial charge in [0.1, 0.15) is 5.82 Å². The Labute approximate surface area is 155 Å². The summed E-state index contributed by atoms with van der Waals surface area (Å²) in [4.78, 5) is 14.6. The number of nitrogens with one attached hydrogen (secondary N) is 1. The highest BCUT2D eigenvalue weighted by Crippen LogP contribution is 2.20. The molecule has 0 atom stereocenters. The van der Waals surface area contributed by atoms with E-state index in [4.69, 9.17) is 0 Å². The molecule has 26 heavy (non-hydrogen) atoms. The van der Waals surface area contributed by atoms with Crippen LogP contribution in [0.3, 0.4) is 0 Å². The second-order valence-electron chi connectivity index (χ2n) is 7.00. The molecule has 0 aliphatic carbocycles. The molecule has 6 nitrogen and oxygen atoms in total. The van der Waals surface area contributed by atoms with Crippen LogP contribution in [0.5, 0.6) is 0 Å². The average Bonchev–Trinajstić information content (AvgIpc) is 2.87. The third-order valence-electron chi connectivity index (χ3n) is 4.88. The molecule has 2 heterocycles. The molecule has 0 saturated heterocycles. The Morgan fingerprint density at radius 3 is 2.77 bits per heavy atom. The van der Waals surface area contributed by atoms with E-state index in [0.717, 1.165) is 56.0 Å². The SMILES string of the molecule is CCCCNC(=O)N(Cc1nnc2n1CCCCC2)c1ccc(C)cc1. The number of aryl methyl sites for hydroxylation is 2. The first kappa shape index (κ1) is 18.4. The van der Waals surface area contributed by atoms with E-state index in [1.165, 1.54) is 12.0 Å². The summed E-state index contributed by atoms with van der Waals surface area (Å²) in [5.41, 5.74) is 2.06. The van der Waals surface area contributed by atoms with E-state index in [-0.39, 0.29) is 6.03 Å². The molecule has 3 rings (SSSR count). The number of carbonyl (C=O) groups excluding carboxylic acids is 1. The van der Waals surface area contributed by atoms with Crippen molar-refractivity contribution in [3.63, 3.8) is 0 Å². The lowest BCUT2D eigenvalue weighted by Crippen LogP contribution is -2.40. The Morgan fingerprint density at radius 2 is 2.00 bits per heavy atom. The summed E-state index contributed by atoms with van der Waals surface area (Å²) in [7, 11) is 0. The van der Waals surface area contributed by atoms with Crippen molar-refractivity contribution in [2.24, 2.45) is 0 Å². The molecule has 0 fully saturated rings. The molecular formula is C20H29N5O. The van der Waals surface area contributed by atoms with Gasteiger partial charge in [-0.05, 0) is 38.3 Å². The fraction of sp³-hybridized carbons (Fsp3) is 0.550. The second-order valence-corrected chi connectivity index (χ2v) is 7.00. The van der Waals surface area contributed by atoms with Crippen molar-refractivity contribution in [2.75, 3.05) is 11.4 Å². The van der Waals surface area contributed by atoms with Gasteiger partial charge in [0.25, 0.3) is 0 Å². The Bertz CT molecular complexity index is 722. The van der Waals surface area contributed by atoms with E-state index in [2.05, 4.69) is 27.0 Å². The molecule has 1 aliphatic heterocycles. The lowest BCUT2D eigenvalue weighted by atomic mass is 10.2. The predicted molar refractivity (Wildman–Crippen MR) is 103 cm³/mol. The van der Waals surface area contributed by atoms with E-state index >= 15 is 0 Å². The van der Waals surface area contributed by atoms with Crippen molar-refractivity contribution >= 4 is 11.7 Å². The monoisotopic (exact) mass is 355 g/mol. The predicted octanol–water partition coefficient (Wildman–Crippen LogP) is 3.83. The molecule has 0 radical (unpaired) electrons. The van der Waals surface area contributed by atoms with Gasteiger partial charge < -0.3 is 9.88 Å². The molecule has 0 spiro atoms. The van der Waals surface area contributed by atoms with Crippen LogP contribution >= 0.6 is 0 Å². The van der Waals surface area contributed by atoms with Crippen molar-refractivity contribution in [3.05, 3.63) is 41.5 Å². The Balaban J connectivity index is 1.82. The summed E-state index contributed by atoms with van der Waals surface area (Å²) < 4.78 is 2.20. The first-order valence-electron chi connectivity index (χ1n) is 9.72. The molecule has 140 valence electrons. The highest BCUT2D eigenvalue weighted by Gasteiger charge is 2.21. The molecule has 2 aromatic rings. The van der Waals surface area contributed by atoms with Gasteiger partial charge in [0.05, 0.1) is 6.54 Å². The lowest BCUT2D eigenvalue weighted by Gasteiger charge is -2.23. The summed E-state index contributed by atoms with van der Waals surface area (Å²) in [6.45, 7) is 6.24. The Morgan fingerprint density at radius 1 is 1.19 bits per heavy atom. The minimum absolute atomic E-state index is 0.0757. The maximum absolute atomic E-state index is 12.8. The molecule has 2 amide bonds. The molecule has 0 saturated carbocycles. The zero-order chi connectivity index (χ0) is 18.4. The average molecular weight is 355 g/mol. The fourth-order valence-electron chi connectivity index (χ4n) is 3.28. The van der Waals surface area contributed by atoms with Crippen molar-refractivity contribution in [1.82, 2.24) is 20.1 Å². The summed E-state index contributed by atoms with van der Waals surface area (Å²) in [6, 6.07) is 7.98. The van der Waals surface area contributed by atoms with E-state index < -0.39 is 0 Å². The van der Waals surface area contributed by atoms with Gasteiger partial charge in [0, 0.05) is 25.2 Å². The van der Waals surface area contributed by atoms with Crippen LogP contribution in [0.15, 0.2) is 24.3 Å². The number of benzene rings is 1. The van der Waals surface area contributed by atoms with Crippen molar-refractivity contribution < 1.29 is 4.79 Å². The van der Waals surface area contributed by atoms with Crippen LogP contribution in [0.2, 0.25) is 0 Å². The molecule has 0 unspecified atom stereocenters. The van der Waals surface area contributed by atoms with E-state index in [9.17, 15) is 4.79 Å². The highest BCUT2D eigenvalue weighted by atomic mass is 16.2. The minimum atomic E-state index is -0.0757. The maximum Gasteiger partial charge on any atom is 0.322 e. The highest BCUT2D eigenvalue weighted by molar-refractivity contribution is 5.91. The third-order valence-corrected chi connectivity index (χ3v) is 4.88. The number of fused-ring (bicyclic) bond motifs is 1. The van der Waals surface area contributed by atoms with Gasteiger partial charge in [0.15, 0.2) is 5.82 Å². The summed E-state index contributed by atoms with van der Waals surface area (Å²) in [6.07, 6.45) is 6.54. The van der Waals surface area contributed by atoms with Gasteiger partial charge >= 0.3 is 6.03 Å². The molecule has 6 heteroatoms. The van der Waals surface area contributed by atoms with Crippen LogP contribution in [-0.2, 0) is 19.5 Å². The van der Waals surface area contributed by atoms with Gasteiger partial charge in [-0.25, -0.2) is 4.79 Å². The molecule has 0 bridgehead atoms. The number of aromatic nitrogens is 3. The molecule has 1 aliphatic rings. The zero-order valence-corrected chi connectivity index (χ0v) is 15.9. The molecule has 1 N–H and O–H groups in total. The van der Waals surface area contributed by atoms with Gasteiger partial charge in [-0.15, -0.1) is 10.2 Å². The number of unbranched alkanes of at least 4 members (excludes halogenated alkanes) is 1. The van der Waals surface area contributed by atoms with Crippen LogP contribution in [0.25, 0.3) is 0 Å². The third kappa shape index (κ3) is 4.42. The number of hydrogen-bond acceptors (Lipinski definition) is 3. The molecule has 1 aromatic heterocycles. The zero-order valence-electron chi connectivity index (χ0n) is 15.9. The van der Waals surface area contributed by atoms with Crippen LogP contribution < -0.4 is 10.2 Å². The molecular weight excluding hydrogens is 326 g/mol. The van der Waals surface area contributed by atoms with Crippen LogP contribution in [0.1, 0.15) is 56.2 Å². The van der Waals surface area contributed by atoms with Gasteiger partial charge in [-0.1, -0.05) is 37.5 Å². The number of anilines is 1. The van der Waals surface area contributed by atoms with Gasteiger partial charge in [-0.3, -0.25) is 4.90 Å². The van der Waals surface area contributed by atoms with Gasteiger partial charge in [0.2, 0.25) is 0 Å². The number of amides is 2. The normalized spacial score (nSPS) is 13.8. The fourth-order valence-corrected chi connectivity index (χ4v) is 3.28. The largest absolute Gasteiger partial charge is 0.338 e. The summed E-state index contributed by atoms with van der Waals surface area (Å²) in [5, 5.41) is 11.8. The quantitative estimate of drug-likeness (QED) is 0.801. The standard InChI is InChI=1S/C20H29N5O/c1-3-4-13-21-20(26)25(17-11-9-16(2)10-12-17)15-19-23-22-18-8-6-5-7-14-24(18)19/h9-12H,3-8,13-15H2,1-2H3,(H,21,26). The smallest absolute Gasteiger partial charge is 0.322 e. The topological polar surface area (TPSA) is 63.1 Å². The first-order valence-corrected chi connectivity index (χ1v) is 9.72. The number of urea groups is 1. The number of rotatable bonds is 6. The summed E-state index contributed by atoms with van der Waals surface area (Å²) in [5.74, 6) is 1.92. The minimum Gasteiger partial charge on any atom is -0.338 e. The van der Waals surface area contributed by atoms with E-state index in [1.807, 2.05) is 31.2 Å². The van der Waals surface area contributed by atoms with Crippen molar-refractivity contribution in [3.8, 4) is 0 Å². The van der Waals surface area contributed by atoms with E-state index in [1.54, 1.807) is 4.90 Å². The number of nitrogens with zero attached hydrogens (tertiary/aromatic N) is 4. The lowest BCUT2D eigenvalue weighted by molar-refractivity contribution is 0.245. The Hall–Kier alpha value is -2.37. The van der Waals surface area contributed by atoms with Crippen molar-refractivity contribution in [1.29, 1.82) is 0 Å². The van der Waals surface area contributed by atoms with E-state index in [0.29, 0.717) is 13.1 Å². The molecule has 1 aromatic carbocycles. The van der Waals surface area contributed by atoms with Crippen LogP contribution in [0, 0.1) is 6.92 Å². The number of carbonyl (C=O) groups is 1. The Kier molecular flexibility index (Phi) is 6.26. The number of hydrogen-bond donors (Lipinski definition) is 1.